The van der Waals surface area contributed by atoms with E-state index in [0.29, 0.717) is 11.6 Å². The Morgan fingerprint density at radius 2 is 1.44 bits per heavy atom. The van der Waals surface area contributed by atoms with Crippen LogP contribution in [0.2, 0.25) is 0 Å². The van der Waals surface area contributed by atoms with E-state index in [4.69, 9.17) is 4.74 Å². The van der Waals surface area contributed by atoms with Crippen molar-refractivity contribution in [2.45, 2.75) is 13.8 Å². The van der Waals surface area contributed by atoms with Crippen molar-refractivity contribution in [2.24, 2.45) is 5.41 Å². The zero-order chi connectivity index (χ0) is 22.7. The van der Waals surface area contributed by atoms with Crippen LogP contribution in [0.15, 0.2) is 73.1 Å². The summed E-state index contributed by atoms with van der Waals surface area (Å²) in [7, 11) is 0. The maximum atomic E-state index is 11.2. The summed E-state index contributed by atoms with van der Waals surface area (Å²) in [5.74, 6) is 0.635. The number of carboxylic acid groups (broad SMARTS) is 1. The van der Waals surface area contributed by atoms with Gasteiger partial charge in [-0.1, -0.05) is 0 Å². The summed E-state index contributed by atoms with van der Waals surface area (Å²) in [5, 5.41) is 18.6. The summed E-state index contributed by atoms with van der Waals surface area (Å²) < 4.78 is 5.62. The van der Waals surface area contributed by atoms with Gasteiger partial charge in [-0.25, -0.2) is 4.98 Å². The summed E-state index contributed by atoms with van der Waals surface area (Å²) >= 11 is 0. The van der Waals surface area contributed by atoms with E-state index in [1.54, 1.807) is 50.5 Å². The first kappa shape index (κ1) is 29.9. The number of rotatable bonds is 7. The minimum Gasteiger partial charge on any atom is -0.508 e. The molecule has 192 valence electrons. The van der Waals surface area contributed by atoms with Crippen molar-refractivity contribution in [1.29, 1.82) is 0 Å². The Hall–Kier alpha value is -6.13. The number of pyridine rings is 1. The van der Waals surface area contributed by atoms with Crippen LogP contribution in [-0.4, -0.2) is 37.7 Å². The number of nitrogens with one attached hydrogen (secondary N) is 1. The smallest absolute Gasteiger partial charge is 0.508 e. The number of ether oxygens (including phenoxy) is 1. The molecule has 2 heterocycles. The number of aromatic nitrogens is 3. The van der Waals surface area contributed by atoms with Gasteiger partial charge >= 0.3 is 35.5 Å². The predicted molar refractivity (Wildman–Crippen MR) is 121 cm³/mol. The SMILES string of the molecule is CC(C)(COc1ccc(-c2ccc(-c3ncc(-c4ccc(O)cc4)[nH]3)cn2)cc1)C(=O)O.[Cf].[Cf].[Cf].[Na+]. The van der Waals surface area contributed by atoms with Crippen LogP contribution < -0.4 is 34.3 Å². The number of hydrogen-bond acceptors (Lipinski definition) is 5. The number of aromatic hydroxyl groups is 1. The minimum atomic E-state index is -0.954. The Balaban J connectivity index is 0.00000306. The van der Waals surface area contributed by atoms with Crippen LogP contribution in [0.3, 0.4) is 0 Å². The fourth-order valence-electron chi connectivity index (χ4n) is 3.01. The number of aromatic amines is 1. The molecule has 7 nitrogen and oxygen atoms in total. The number of hydrogen-bond donors (Lipinski definition) is 3. The molecule has 0 spiro atoms. The minimum absolute atomic E-state index is 0. The van der Waals surface area contributed by atoms with E-state index in [1.165, 1.54) is 0 Å². The van der Waals surface area contributed by atoms with Crippen LogP contribution in [0.4, 0.5) is 0 Å². The monoisotopic (exact) mass is 1200 g/mol. The van der Waals surface area contributed by atoms with E-state index in [-0.39, 0.29) is 41.9 Å². The van der Waals surface area contributed by atoms with Crippen LogP contribution in [-0.2, 0) is 4.79 Å². The molecule has 4 rings (SSSR count). The van der Waals surface area contributed by atoms with Gasteiger partial charge in [-0.05, 0) is 80.1 Å². The van der Waals surface area contributed by atoms with Gasteiger partial charge in [0.05, 0.1) is 23.0 Å². The van der Waals surface area contributed by atoms with Crippen molar-refractivity contribution in [3.05, 3.63) is 73.1 Å². The number of benzene rings is 2. The molecule has 36 heavy (non-hydrogen) atoms. The molecule has 0 saturated heterocycles. The third-order valence-corrected chi connectivity index (χ3v) is 5.12. The van der Waals surface area contributed by atoms with Gasteiger partial charge in [0.25, 0.3) is 0 Å². The number of aliphatic carboxylic acids is 1. The van der Waals surface area contributed by atoms with E-state index in [2.05, 4.69) is 15.0 Å². The molecular weight excluding hydrogens is 1180 g/mol. The molecule has 0 fully saturated rings. The predicted octanol–water partition coefficient (Wildman–Crippen LogP) is 2.00. The molecule has 0 aliphatic carbocycles. The van der Waals surface area contributed by atoms with E-state index >= 15 is 0 Å². The normalized spacial score (nSPS) is 10.1. The Bertz CT molecular complexity index is 1230. The number of carbonyl (C=O) groups is 1. The fourth-order valence-corrected chi connectivity index (χ4v) is 3.01. The van der Waals surface area contributed by atoms with Crippen LogP contribution in [0.25, 0.3) is 33.9 Å². The summed E-state index contributed by atoms with van der Waals surface area (Å²) in [5.41, 5.74) is 3.41. The van der Waals surface area contributed by atoms with Crippen molar-refractivity contribution in [2.75, 3.05) is 6.61 Å². The van der Waals surface area contributed by atoms with Gasteiger partial charge in [0, 0.05) is 17.3 Å². The quantitative estimate of drug-likeness (QED) is 0.245. The van der Waals surface area contributed by atoms with Crippen molar-refractivity contribution in [1.82, 2.24) is 15.0 Å². The molecular formula is C25H23Cf3N3NaO4+. The number of imidazole rings is 1. The second-order valence-electron chi connectivity index (χ2n) is 8.13. The van der Waals surface area contributed by atoms with Gasteiger partial charge < -0.3 is 19.9 Å². The van der Waals surface area contributed by atoms with Crippen LogP contribution in [0.5, 0.6) is 11.5 Å². The summed E-state index contributed by atoms with van der Waals surface area (Å²) in [6, 6.07) is 18.2. The topological polar surface area (TPSA) is 108 Å². The van der Waals surface area contributed by atoms with Crippen molar-refractivity contribution in [3.8, 4) is 45.4 Å². The standard InChI is InChI=1S/C25H23N3O4.3Cf.Na/c1-25(2,24(30)31)15-32-20-10-5-16(6-11-20)21-12-7-18(13-26-21)23-27-14-22(28-23)17-3-8-19(29)9-4-17;;;;/h3-14,29H,15H2,1-2H3,(H,27,28)(H,30,31);;;;/q;;;;+1. The molecule has 0 amide bonds. The fraction of sp³-hybridized carbons (Fsp3) is 0.160. The first-order valence-corrected chi connectivity index (χ1v) is 10.1. The van der Waals surface area contributed by atoms with Crippen LogP contribution in [0.1, 0.15) is 13.8 Å². The molecule has 4 aromatic rings. The largest absolute Gasteiger partial charge is 1.00 e. The van der Waals surface area contributed by atoms with E-state index in [9.17, 15) is 15.0 Å². The number of H-pyrrole nitrogens is 1. The molecule has 0 saturated carbocycles. The van der Waals surface area contributed by atoms with E-state index in [0.717, 1.165) is 28.1 Å². The van der Waals surface area contributed by atoms with E-state index in [1.807, 2.05) is 36.4 Å². The zero-order valence-electron chi connectivity index (χ0n) is 19.7. The Kier molecular flexibility index (Phi) is 9.67. The molecule has 2 aromatic heterocycles. The molecule has 0 atom stereocenters. The van der Waals surface area contributed by atoms with Gasteiger partial charge in [-0.15, -0.1) is 0 Å². The summed E-state index contributed by atoms with van der Waals surface area (Å²) in [6.07, 6.45) is 3.51. The zero-order valence-corrected chi connectivity index (χ0v) is 29.6. The molecule has 0 aliphatic heterocycles. The second kappa shape index (κ2) is 11.7. The molecule has 3 N–H and O–H groups in total. The Labute approximate surface area is 213 Å². The van der Waals surface area contributed by atoms with E-state index < -0.39 is 11.4 Å². The third kappa shape index (κ3) is 6.22. The maximum Gasteiger partial charge on any atom is 1.00 e. The van der Waals surface area contributed by atoms with Crippen molar-refractivity contribution in [3.63, 3.8) is 0 Å². The molecule has 0 bridgehead atoms. The van der Waals surface area contributed by atoms with Crippen LogP contribution in [0, 0.1) is 5.41 Å². The molecule has 0 aliphatic rings. The van der Waals surface area contributed by atoms with Gasteiger partial charge in [0.15, 0.2) is 0 Å². The molecule has 2 aromatic carbocycles. The maximum absolute atomic E-state index is 11.2. The molecule has 11 heteroatoms. The second-order valence-corrected chi connectivity index (χ2v) is 8.13. The Morgan fingerprint density at radius 1 is 0.861 bits per heavy atom. The van der Waals surface area contributed by atoms with Gasteiger partial charge in [-0.3, -0.25) is 9.78 Å². The average molecular weight is 1210 g/mol. The number of carboxylic acids is 1. The van der Waals surface area contributed by atoms with Gasteiger partial charge in [0.2, 0.25) is 0 Å². The van der Waals surface area contributed by atoms with Crippen molar-refractivity contribution < 1.29 is 49.3 Å². The number of phenolic OH excluding ortho intramolecular Hbond substituents is 1. The molecule has 0 radical (unpaired) electrons. The molecule has 0 unspecified atom stereocenters. The first-order chi connectivity index (χ1) is 15.3. The van der Waals surface area contributed by atoms with Gasteiger partial charge in [0.1, 0.15) is 23.9 Å². The number of nitrogens with zero attached hydrogens (tertiary/aromatic N) is 2. The average Bonchev–Trinajstić information content (AvgIpc) is 3.29. The first-order valence-electron chi connectivity index (χ1n) is 10.1. The van der Waals surface area contributed by atoms with Gasteiger partial charge in [-0.2, -0.15) is 0 Å². The number of phenols is 1. The van der Waals surface area contributed by atoms with Crippen LogP contribution >= 0.6 is 0 Å². The summed E-state index contributed by atoms with van der Waals surface area (Å²) in [4.78, 5) is 23.4. The third-order valence-electron chi connectivity index (χ3n) is 5.12. The Morgan fingerprint density at radius 3 is 2.00 bits per heavy atom. The van der Waals surface area contributed by atoms with Crippen molar-refractivity contribution >= 4 is 5.97 Å². The summed E-state index contributed by atoms with van der Waals surface area (Å²) in [6.45, 7) is 3.34.